The minimum Gasteiger partial charge on any atom is -0.270 e. The molecule has 1 aromatic heterocycles. The van der Waals surface area contributed by atoms with Gasteiger partial charge in [-0.25, -0.2) is 0 Å². The van der Waals surface area contributed by atoms with Crippen LogP contribution in [0.5, 0.6) is 0 Å². The van der Waals surface area contributed by atoms with Crippen molar-refractivity contribution in [2.45, 2.75) is 10.9 Å². The first-order valence-corrected chi connectivity index (χ1v) is 9.99. The normalized spacial score (nSPS) is 10.6. The van der Waals surface area contributed by atoms with Crippen molar-refractivity contribution in [1.82, 2.24) is 14.8 Å². The zero-order valence-corrected chi connectivity index (χ0v) is 16.4. The van der Waals surface area contributed by atoms with Crippen LogP contribution in [-0.2, 0) is 5.75 Å². The third kappa shape index (κ3) is 3.94. The molecule has 3 aromatic carbocycles. The molecule has 0 aliphatic carbocycles. The molecule has 0 bridgehead atoms. The standard InChI is InChI=1S/C22H15ClN4S/c23-19-10-12-20(13-11-19)27-21(18-4-2-1-3-5-18)25-26-22(27)28-15-17-8-6-16(14-24)7-9-17/h1-13H,15H2. The van der Waals surface area contributed by atoms with Crippen LogP contribution in [0, 0.1) is 11.3 Å². The van der Waals surface area contributed by atoms with Gasteiger partial charge in [-0.3, -0.25) is 4.57 Å². The summed E-state index contributed by atoms with van der Waals surface area (Å²) in [5.41, 5.74) is 3.73. The van der Waals surface area contributed by atoms with Crippen LogP contribution in [0.1, 0.15) is 11.1 Å². The van der Waals surface area contributed by atoms with Crippen LogP contribution >= 0.6 is 23.4 Å². The van der Waals surface area contributed by atoms with Gasteiger partial charge in [0.1, 0.15) is 0 Å². The molecule has 0 atom stereocenters. The highest BCUT2D eigenvalue weighted by Gasteiger charge is 2.16. The molecule has 0 saturated heterocycles. The third-order valence-electron chi connectivity index (χ3n) is 4.20. The third-order valence-corrected chi connectivity index (χ3v) is 5.45. The number of rotatable bonds is 5. The molecular weight excluding hydrogens is 388 g/mol. The lowest BCUT2D eigenvalue weighted by Gasteiger charge is -2.10. The first-order valence-electron chi connectivity index (χ1n) is 8.63. The number of hydrogen-bond acceptors (Lipinski definition) is 4. The van der Waals surface area contributed by atoms with E-state index in [0.29, 0.717) is 10.6 Å². The highest BCUT2D eigenvalue weighted by molar-refractivity contribution is 7.98. The van der Waals surface area contributed by atoms with E-state index in [2.05, 4.69) is 16.3 Å². The maximum atomic E-state index is 8.94. The van der Waals surface area contributed by atoms with Crippen LogP contribution in [0.15, 0.2) is 84.0 Å². The number of halogens is 1. The molecule has 4 aromatic rings. The van der Waals surface area contributed by atoms with Gasteiger partial charge < -0.3 is 0 Å². The molecule has 0 radical (unpaired) electrons. The van der Waals surface area contributed by atoms with Crippen molar-refractivity contribution >= 4 is 23.4 Å². The summed E-state index contributed by atoms with van der Waals surface area (Å²) in [6, 6.07) is 27.4. The van der Waals surface area contributed by atoms with Gasteiger partial charge in [0.25, 0.3) is 0 Å². The monoisotopic (exact) mass is 402 g/mol. The lowest BCUT2D eigenvalue weighted by atomic mass is 10.2. The van der Waals surface area contributed by atoms with Crippen LogP contribution in [0.2, 0.25) is 5.02 Å². The summed E-state index contributed by atoms with van der Waals surface area (Å²) >= 11 is 7.67. The van der Waals surface area contributed by atoms with Crippen LogP contribution in [0.3, 0.4) is 0 Å². The largest absolute Gasteiger partial charge is 0.270 e. The molecule has 4 nitrogen and oxygen atoms in total. The Bertz CT molecular complexity index is 1110. The van der Waals surface area contributed by atoms with E-state index in [0.717, 1.165) is 33.5 Å². The molecule has 0 amide bonds. The second-order valence-corrected chi connectivity index (χ2v) is 7.46. The average molecular weight is 403 g/mol. The van der Waals surface area contributed by atoms with Gasteiger partial charge in [-0.05, 0) is 42.0 Å². The van der Waals surface area contributed by atoms with Gasteiger partial charge in [-0.15, -0.1) is 10.2 Å². The zero-order chi connectivity index (χ0) is 19.3. The van der Waals surface area contributed by atoms with Gasteiger partial charge in [-0.2, -0.15) is 5.26 Å². The Hall–Kier alpha value is -3.07. The predicted octanol–water partition coefficient (Wildman–Crippen LogP) is 5.75. The van der Waals surface area contributed by atoms with Crippen molar-refractivity contribution in [2.24, 2.45) is 0 Å². The van der Waals surface area contributed by atoms with Gasteiger partial charge >= 0.3 is 0 Å². The number of hydrogen-bond donors (Lipinski definition) is 0. The SMILES string of the molecule is N#Cc1ccc(CSc2nnc(-c3ccccc3)n2-c2ccc(Cl)cc2)cc1. The maximum absolute atomic E-state index is 8.94. The summed E-state index contributed by atoms with van der Waals surface area (Å²) in [6.45, 7) is 0. The van der Waals surface area contributed by atoms with Crippen molar-refractivity contribution in [3.05, 3.63) is 95.0 Å². The smallest absolute Gasteiger partial charge is 0.196 e. The molecule has 0 fully saturated rings. The molecule has 6 heteroatoms. The second-order valence-electron chi connectivity index (χ2n) is 6.08. The van der Waals surface area contributed by atoms with Crippen molar-refractivity contribution in [2.75, 3.05) is 0 Å². The lowest BCUT2D eigenvalue weighted by molar-refractivity contribution is 0.886. The van der Waals surface area contributed by atoms with Gasteiger partial charge in [0.2, 0.25) is 0 Å². The topological polar surface area (TPSA) is 54.5 Å². The summed E-state index contributed by atoms with van der Waals surface area (Å²) in [6.07, 6.45) is 0. The van der Waals surface area contributed by atoms with Crippen molar-refractivity contribution in [1.29, 1.82) is 5.26 Å². The Morgan fingerprint density at radius 3 is 2.29 bits per heavy atom. The van der Waals surface area contributed by atoms with E-state index < -0.39 is 0 Å². The van der Waals surface area contributed by atoms with E-state index in [-0.39, 0.29) is 0 Å². The van der Waals surface area contributed by atoms with Crippen molar-refractivity contribution in [3.8, 4) is 23.1 Å². The molecule has 28 heavy (non-hydrogen) atoms. The summed E-state index contributed by atoms with van der Waals surface area (Å²) in [5, 5.41) is 19.3. The van der Waals surface area contributed by atoms with E-state index in [4.69, 9.17) is 16.9 Å². The zero-order valence-electron chi connectivity index (χ0n) is 14.8. The number of nitriles is 1. The molecule has 0 unspecified atom stereocenters. The molecule has 0 saturated carbocycles. The Labute approximate surface area is 172 Å². The van der Waals surface area contributed by atoms with E-state index in [1.54, 1.807) is 11.8 Å². The molecule has 0 spiro atoms. The fourth-order valence-electron chi connectivity index (χ4n) is 2.78. The first kappa shape index (κ1) is 18.3. The summed E-state index contributed by atoms with van der Waals surface area (Å²) < 4.78 is 2.04. The van der Waals surface area contributed by atoms with Gasteiger partial charge in [0.15, 0.2) is 11.0 Å². The fraction of sp³-hybridized carbons (Fsp3) is 0.0455. The molecule has 0 aliphatic heterocycles. The maximum Gasteiger partial charge on any atom is 0.196 e. The minimum atomic E-state index is 0.657. The van der Waals surface area contributed by atoms with Crippen LogP contribution in [0.25, 0.3) is 17.1 Å². The van der Waals surface area contributed by atoms with Crippen molar-refractivity contribution in [3.63, 3.8) is 0 Å². The van der Waals surface area contributed by atoms with Gasteiger partial charge in [0, 0.05) is 22.0 Å². The number of thioether (sulfide) groups is 1. The second kappa shape index (κ2) is 8.30. The highest BCUT2D eigenvalue weighted by atomic mass is 35.5. The molecule has 4 rings (SSSR count). The van der Waals surface area contributed by atoms with Crippen LogP contribution in [-0.4, -0.2) is 14.8 Å². The Morgan fingerprint density at radius 2 is 1.61 bits per heavy atom. The molecule has 0 N–H and O–H groups in total. The Balaban J connectivity index is 1.69. The fourth-order valence-corrected chi connectivity index (χ4v) is 3.82. The lowest BCUT2D eigenvalue weighted by Crippen LogP contribution is -1.99. The molecule has 1 heterocycles. The van der Waals surface area contributed by atoms with Crippen LogP contribution < -0.4 is 0 Å². The van der Waals surface area contributed by atoms with E-state index >= 15 is 0 Å². The van der Waals surface area contributed by atoms with E-state index in [1.165, 1.54) is 0 Å². The predicted molar refractivity (Wildman–Crippen MR) is 113 cm³/mol. The van der Waals surface area contributed by atoms with Gasteiger partial charge in [0.05, 0.1) is 11.6 Å². The number of nitrogens with zero attached hydrogens (tertiary/aromatic N) is 4. The van der Waals surface area contributed by atoms with E-state index in [1.807, 2.05) is 83.4 Å². The molecule has 136 valence electrons. The summed E-state index contributed by atoms with van der Waals surface area (Å²) in [7, 11) is 0. The van der Waals surface area contributed by atoms with Crippen LogP contribution in [0.4, 0.5) is 0 Å². The van der Waals surface area contributed by atoms with Crippen molar-refractivity contribution < 1.29 is 0 Å². The minimum absolute atomic E-state index is 0.657. The highest BCUT2D eigenvalue weighted by Crippen LogP contribution is 2.30. The first-order chi connectivity index (χ1) is 13.7. The quantitative estimate of drug-likeness (QED) is 0.399. The number of benzene rings is 3. The van der Waals surface area contributed by atoms with Gasteiger partial charge in [-0.1, -0.05) is 65.8 Å². The summed E-state index contributed by atoms with van der Waals surface area (Å²) in [5.74, 6) is 1.51. The van der Waals surface area contributed by atoms with E-state index in [9.17, 15) is 0 Å². The Morgan fingerprint density at radius 1 is 0.893 bits per heavy atom. The molecule has 0 aliphatic rings. The molecular formula is C22H15ClN4S. The summed E-state index contributed by atoms with van der Waals surface area (Å²) in [4.78, 5) is 0. The number of aromatic nitrogens is 3. The Kier molecular flexibility index (Phi) is 5.43. The average Bonchev–Trinajstić information content (AvgIpc) is 3.18.